The normalized spacial score (nSPS) is 21.6. The molecule has 0 saturated carbocycles. The Kier molecular flexibility index (Phi) is 7.16. The molecule has 0 unspecified atom stereocenters. The number of rotatable bonds is 7. The first-order valence-electron chi connectivity index (χ1n) is 11.6. The summed E-state index contributed by atoms with van der Waals surface area (Å²) in [6.07, 6.45) is 4.61. The predicted molar refractivity (Wildman–Crippen MR) is 133 cm³/mol. The lowest BCUT2D eigenvalue weighted by molar-refractivity contribution is 0.00758. The van der Waals surface area contributed by atoms with Crippen LogP contribution >= 0.6 is 11.6 Å². The van der Waals surface area contributed by atoms with Gasteiger partial charge in [0.1, 0.15) is 17.2 Å². The number of methoxy groups -OCH3 is 1. The number of likely N-dealkylation sites (tertiary alicyclic amines) is 1. The van der Waals surface area contributed by atoms with Crippen molar-refractivity contribution in [3.05, 3.63) is 40.3 Å². The van der Waals surface area contributed by atoms with Gasteiger partial charge in [0, 0.05) is 57.7 Å². The van der Waals surface area contributed by atoms with Crippen LogP contribution < -0.4 is 21.1 Å². The summed E-state index contributed by atoms with van der Waals surface area (Å²) in [7, 11) is 1.68. The summed E-state index contributed by atoms with van der Waals surface area (Å²) in [4.78, 5) is 24.2. The minimum atomic E-state index is -0.436. The molecule has 1 amide bonds. The van der Waals surface area contributed by atoms with Crippen LogP contribution in [0.15, 0.2) is 18.5 Å². The molecule has 34 heavy (non-hydrogen) atoms. The Bertz CT molecular complexity index is 1060. The van der Waals surface area contributed by atoms with E-state index < -0.39 is 5.60 Å². The van der Waals surface area contributed by atoms with E-state index in [2.05, 4.69) is 25.5 Å². The molecule has 1 fully saturated rings. The van der Waals surface area contributed by atoms with E-state index >= 15 is 0 Å². The maximum atomic E-state index is 13.3. The van der Waals surface area contributed by atoms with E-state index in [1.165, 1.54) is 0 Å². The Labute approximate surface area is 205 Å². The van der Waals surface area contributed by atoms with Gasteiger partial charge in [0.2, 0.25) is 0 Å². The number of amides is 1. The Morgan fingerprint density at radius 2 is 2.15 bits per heavy atom. The number of ether oxygens (including phenoxy) is 2. The van der Waals surface area contributed by atoms with Crippen LogP contribution in [0.2, 0.25) is 5.02 Å². The molecule has 2 atom stereocenters. The van der Waals surface area contributed by atoms with Crippen molar-refractivity contribution in [2.45, 2.75) is 51.4 Å². The second-order valence-corrected chi connectivity index (χ2v) is 9.93. The molecule has 9 nitrogen and oxygen atoms in total. The van der Waals surface area contributed by atoms with Crippen LogP contribution in [0.3, 0.4) is 0 Å². The summed E-state index contributed by atoms with van der Waals surface area (Å²) in [6.45, 7) is 9.01. The summed E-state index contributed by atoms with van der Waals surface area (Å²) in [6, 6.07) is 1.48. The SMILES string of the molecule is CO[C@H]1CN(CCNc2nccnc2C)CC[C@H]1NC(=O)c1cc(Cl)c(N)c2c1OC(C)(C)C2. The van der Waals surface area contributed by atoms with Gasteiger partial charge in [0.05, 0.1) is 34.1 Å². The van der Waals surface area contributed by atoms with Gasteiger partial charge >= 0.3 is 0 Å². The Hall–Kier alpha value is -2.62. The van der Waals surface area contributed by atoms with E-state index in [0.717, 1.165) is 43.1 Å². The number of carbonyl (C=O) groups is 1. The third-order valence-electron chi connectivity index (χ3n) is 6.46. The number of aromatic nitrogens is 2. The average molecular weight is 489 g/mol. The van der Waals surface area contributed by atoms with Crippen molar-refractivity contribution in [1.82, 2.24) is 20.2 Å². The highest BCUT2D eigenvalue weighted by Crippen LogP contribution is 2.44. The molecule has 0 bridgehead atoms. The lowest BCUT2D eigenvalue weighted by Crippen LogP contribution is -2.55. The first kappa shape index (κ1) is 24.5. The molecule has 2 aliphatic rings. The Morgan fingerprint density at radius 1 is 1.38 bits per heavy atom. The lowest BCUT2D eigenvalue weighted by Gasteiger charge is -2.38. The third-order valence-corrected chi connectivity index (χ3v) is 6.77. The fraction of sp³-hybridized carbons (Fsp3) is 0.542. The van der Waals surface area contributed by atoms with Crippen LogP contribution in [0.25, 0.3) is 0 Å². The van der Waals surface area contributed by atoms with Gasteiger partial charge in [-0.1, -0.05) is 11.6 Å². The summed E-state index contributed by atoms with van der Waals surface area (Å²) in [5.41, 5.74) is 8.30. The highest BCUT2D eigenvalue weighted by Gasteiger charge is 2.37. The van der Waals surface area contributed by atoms with Gasteiger partial charge < -0.3 is 25.8 Å². The van der Waals surface area contributed by atoms with Crippen LogP contribution in [-0.2, 0) is 11.2 Å². The number of nitrogen functional groups attached to an aromatic ring is 1. The van der Waals surface area contributed by atoms with Crippen molar-refractivity contribution in [3.63, 3.8) is 0 Å². The lowest BCUT2D eigenvalue weighted by atomic mass is 9.97. The first-order chi connectivity index (χ1) is 16.2. The minimum absolute atomic E-state index is 0.120. The number of fused-ring (bicyclic) bond motifs is 1. The zero-order valence-corrected chi connectivity index (χ0v) is 20.9. The topological polar surface area (TPSA) is 115 Å². The van der Waals surface area contributed by atoms with Crippen LogP contribution in [0.5, 0.6) is 5.75 Å². The van der Waals surface area contributed by atoms with Gasteiger partial charge in [-0.05, 0) is 33.3 Å². The number of benzene rings is 1. The van der Waals surface area contributed by atoms with Gasteiger partial charge in [-0.3, -0.25) is 14.7 Å². The molecule has 10 heteroatoms. The average Bonchev–Trinajstić information content (AvgIpc) is 3.13. The van der Waals surface area contributed by atoms with Crippen molar-refractivity contribution in [2.24, 2.45) is 0 Å². The van der Waals surface area contributed by atoms with E-state index in [9.17, 15) is 4.79 Å². The van der Waals surface area contributed by atoms with E-state index in [-0.39, 0.29) is 18.1 Å². The predicted octanol–water partition coefficient (Wildman–Crippen LogP) is 2.67. The van der Waals surface area contributed by atoms with E-state index in [1.54, 1.807) is 25.6 Å². The zero-order chi connectivity index (χ0) is 24.5. The van der Waals surface area contributed by atoms with E-state index in [4.69, 9.17) is 26.8 Å². The van der Waals surface area contributed by atoms with Crippen molar-refractivity contribution < 1.29 is 14.3 Å². The molecule has 1 saturated heterocycles. The molecule has 0 spiro atoms. The molecule has 3 heterocycles. The summed E-state index contributed by atoms with van der Waals surface area (Å²) >= 11 is 6.35. The largest absolute Gasteiger partial charge is 0.486 e. The number of hydrogen-bond donors (Lipinski definition) is 3. The zero-order valence-electron chi connectivity index (χ0n) is 20.2. The van der Waals surface area contributed by atoms with Gasteiger partial charge in [-0.2, -0.15) is 0 Å². The molecule has 0 aliphatic carbocycles. The number of carbonyl (C=O) groups excluding carboxylic acids is 1. The van der Waals surface area contributed by atoms with Crippen molar-refractivity contribution in [2.75, 3.05) is 44.3 Å². The molecule has 2 aromatic rings. The molecule has 1 aromatic carbocycles. The second-order valence-electron chi connectivity index (χ2n) is 9.53. The fourth-order valence-corrected chi connectivity index (χ4v) is 4.87. The summed E-state index contributed by atoms with van der Waals surface area (Å²) in [5, 5.41) is 6.85. The number of anilines is 2. The van der Waals surface area contributed by atoms with E-state index in [0.29, 0.717) is 35.0 Å². The number of piperidine rings is 1. The van der Waals surface area contributed by atoms with Crippen LogP contribution in [0.1, 0.15) is 41.9 Å². The van der Waals surface area contributed by atoms with Crippen molar-refractivity contribution in [1.29, 1.82) is 0 Å². The van der Waals surface area contributed by atoms with Crippen LogP contribution in [0.4, 0.5) is 11.5 Å². The van der Waals surface area contributed by atoms with Gasteiger partial charge in [0.25, 0.3) is 5.91 Å². The number of halogens is 1. The van der Waals surface area contributed by atoms with Crippen molar-refractivity contribution in [3.8, 4) is 5.75 Å². The Morgan fingerprint density at radius 3 is 2.88 bits per heavy atom. The highest BCUT2D eigenvalue weighted by molar-refractivity contribution is 6.33. The molecule has 184 valence electrons. The molecular weight excluding hydrogens is 456 g/mol. The molecule has 4 N–H and O–H groups in total. The number of aryl methyl sites for hydroxylation is 1. The van der Waals surface area contributed by atoms with Gasteiger partial charge in [-0.15, -0.1) is 0 Å². The quantitative estimate of drug-likeness (QED) is 0.509. The van der Waals surface area contributed by atoms with Crippen molar-refractivity contribution >= 4 is 29.0 Å². The van der Waals surface area contributed by atoms with Gasteiger partial charge in [0.15, 0.2) is 0 Å². The standard InChI is InChI=1S/C24H33ClN6O3/c1-14-22(28-7-6-27-14)29-8-10-31-9-5-18(19(13-31)33-4)30-23(32)15-11-17(25)20(26)16-12-24(2,3)34-21(15)16/h6-7,11,18-19H,5,8-10,12-13,26H2,1-4H3,(H,28,29)(H,30,32)/t18-,19+/m1/s1. The summed E-state index contributed by atoms with van der Waals surface area (Å²) < 4.78 is 11.8. The van der Waals surface area contributed by atoms with E-state index in [1.807, 2.05) is 20.8 Å². The number of nitrogens with two attached hydrogens (primary N) is 1. The third kappa shape index (κ3) is 5.21. The molecular formula is C24H33ClN6O3. The molecule has 0 radical (unpaired) electrons. The highest BCUT2D eigenvalue weighted by atomic mass is 35.5. The summed E-state index contributed by atoms with van der Waals surface area (Å²) in [5.74, 6) is 1.10. The second kappa shape index (κ2) is 9.93. The number of nitrogens with one attached hydrogen (secondary N) is 2. The fourth-order valence-electron chi connectivity index (χ4n) is 4.65. The minimum Gasteiger partial charge on any atom is -0.486 e. The molecule has 2 aliphatic heterocycles. The monoisotopic (exact) mass is 488 g/mol. The Balaban J connectivity index is 1.37. The maximum Gasteiger partial charge on any atom is 0.255 e. The number of hydrogen-bond acceptors (Lipinski definition) is 8. The number of nitrogens with zero attached hydrogens (tertiary/aromatic N) is 3. The molecule has 1 aromatic heterocycles. The van der Waals surface area contributed by atoms with Crippen LogP contribution in [0, 0.1) is 6.92 Å². The maximum absolute atomic E-state index is 13.3. The van der Waals surface area contributed by atoms with Gasteiger partial charge in [-0.25, -0.2) is 4.98 Å². The first-order valence-corrected chi connectivity index (χ1v) is 11.9. The smallest absolute Gasteiger partial charge is 0.255 e. The molecule has 4 rings (SSSR count). The van der Waals surface area contributed by atoms with Crippen LogP contribution in [-0.4, -0.2) is 71.8 Å².